The van der Waals surface area contributed by atoms with Gasteiger partial charge in [-0.15, -0.1) is 0 Å². The molecule has 1 heterocycles. The molecule has 1 aliphatic heterocycles. The van der Waals surface area contributed by atoms with Crippen molar-refractivity contribution in [1.29, 1.82) is 0 Å². The molecular formula is C17H20N2O4. The van der Waals surface area contributed by atoms with Gasteiger partial charge in [-0.05, 0) is 42.5 Å². The van der Waals surface area contributed by atoms with E-state index in [-0.39, 0.29) is 23.3 Å². The van der Waals surface area contributed by atoms with Gasteiger partial charge < -0.3 is 15.7 Å². The van der Waals surface area contributed by atoms with Crippen molar-refractivity contribution in [3.8, 4) is 0 Å². The highest BCUT2D eigenvalue weighted by atomic mass is 16.4. The number of amides is 2. The molecule has 1 fully saturated rings. The van der Waals surface area contributed by atoms with Gasteiger partial charge in [-0.25, -0.2) is 4.79 Å². The summed E-state index contributed by atoms with van der Waals surface area (Å²) in [4.78, 5) is 35.6. The van der Waals surface area contributed by atoms with Crippen LogP contribution in [-0.4, -0.2) is 40.9 Å². The van der Waals surface area contributed by atoms with Gasteiger partial charge in [0.15, 0.2) is 0 Å². The second-order valence-electron chi connectivity index (χ2n) is 5.70. The fraction of sp³-hybridized carbons (Fsp3) is 0.353. The number of rotatable bonds is 5. The first-order valence-corrected chi connectivity index (χ1v) is 7.54. The quantitative estimate of drug-likeness (QED) is 0.804. The number of benzene rings is 1. The molecule has 6 heteroatoms. The van der Waals surface area contributed by atoms with E-state index in [4.69, 9.17) is 10.8 Å². The Morgan fingerprint density at radius 2 is 1.78 bits per heavy atom. The number of carbonyl (C=O) groups is 3. The zero-order chi connectivity index (χ0) is 16.8. The maximum absolute atomic E-state index is 12.1. The monoisotopic (exact) mass is 316 g/mol. The standard InChI is InChI=1S/C17H20N2O4/c18-15(20)11-13-7-9-19(10-8-13)16(21)6-3-12-1-4-14(5-2-12)17(22)23/h1-6,13H,7-11H2,(H2,18,20)(H,22,23)/b6-3+. The Labute approximate surface area is 134 Å². The molecule has 6 nitrogen and oxygen atoms in total. The molecule has 1 aromatic rings. The molecule has 3 N–H and O–H groups in total. The molecule has 0 unspecified atom stereocenters. The van der Waals surface area contributed by atoms with Crippen molar-refractivity contribution in [1.82, 2.24) is 4.90 Å². The molecule has 0 bridgehead atoms. The Bertz CT molecular complexity index is 614. The summed E-state index contributed by atoms with van der Waals surface area (Å²) in [5.74, 6) is -1.08. The molecule has 0 aliphatic carbocycles. The molecule has 0 saturated carbocycles. The number of primary amides is 1. The van der Waals surface area contributed by atoms with Crippen LogP contribution in [0, 0.1) is 5.92 Å². The van der Waals surface area contributed by atoms with Gasteiger partial charge in [0.25, 0.3) is 0 Å². The lowest BCUT2D eigenvalue weighted by Gasteiger charge is -2.30. The largest absolute Gasteiger partial charge is 0.478 e. The Kier molecular flexibility index (Phi) is 5.51. The minimum atomic E-state index is -0.976. The Balaban J connectivity index is 1.87. The number of carboxylic acids is 1. The van der Waals surface area contributed by atoms with Crippen molar-refractivity contribution in [2.75, 3.05) is 13.1 Å². The van der Waals surface area contributed by atoms with Crippen LogP contribution in [0.2, 0.25) is 0 Å². The summed E-state index contributed by atoms with van der Waals surface area (Å²) in [6.45, 7) is 1.25. The first kappa shape index (κ1) is 16.7. The van der Waals surface area contributed by atoms with Gasteiger partial charge in [-0.2, -0.15) is 0 Å². The third-order valence-corrected chi connectivity index (χ3v) is 3.99. The number of piperidine rings is 1. The SMILES string of the molecule is NC(=O)CC1CCN(C(=O)/C=C/c2ccc(C(=O)O)cc2)CC1. The first-order valence-electron chi connectivity index (χ1n) is 7.54. The number of nitrogens with two attached hydrogens (primary N) is 1. The van der Waals surface area contributed by atoms with E-state index in [9.17, 15) is 14.4 Å². The first-order chi connectivity index (χ1) is 11.0. The highest BCUT2D eigenvalue weighted by Gasteiger charge is 2.22. The van der Waals surface area contributed by atoms with Gasteiger partial charge in [0.2, 0.25) is 11.8 Å². The lowest BCUT2D eigenvalue weighted by Crippen LogP contribution is -2.38. The topological polar surface area (TPSA) is 101 Å². The summed E-state index contributed by atoms with van der Waals surface area (Å²) < 4.78 is 0. The molecular weight excluding hydrogens is 296 g/mol. The summed E-state index contributed by atoms with van der Waals surface area (Å²) in [6.07, 6.45) is 5.12. The maximum Gasteiger partial charge on any atom is 0.335 e. The molecule has 0 aromatic heterocycles. The molecule has 2 rings (SSSR count). The Hall–Kier alpha value is -2.63. The molecule has 122 valence electrons. The molecule has 0 radical (unpaired) electrons. The maximum atomic E-state index is 12.1. The predicted octanol–water partition coefficient (Wildman–Crippen LogP) is 1.51. The molecule has 1 aliphatic rings. The van der Waals surface area contributed by atoms with Crippen LogP contribution in [0.15, 0.2) is 30.3 Å². The lowest BCUT2D eigenvalue weighted by atomic mass is 9.93. The zero-order valence-electron chi connectivity index (χ0n) is 12.8. The van der Waals surface area contributed by atoms with Crippen molar-refractivity contribution in [3.63, 3.8) is 0 Å². The smallest absolute Gasteiger partial charge is 0.335 e. The fourth-order valence-electron chi connectivity index (χ4n) is 2.65. The van der Waals surface area contributed by atoms with Crippen molar-refractivity contribution < 1.29 is 19.5 Å². The molecule has 23 heavy (non-hydrogen) atoms. The van der Waals surface area contributed by atoms with Crippen LogP contribution < -0.4 is 5.73 Å². The number of likely N-dealkylation sites (tertiary alicyclic amines) is 1. The van der Waals surface area contributed by atoms with Crippen molar-refractivity contribution in [3.05, 3.63) is 41.5 Å². The summed E-state index contributed by atoms with van der Waals surface area (Å²) >= 11 is 0. The summed E-state index contributed by atoms with van der Waals surface area (Å²) in [5.41, 5.74) is 6.18. The number of aromatic carboxylic acids is 1. The zero-order valence-corrected chi connectivity index (χ0v) is 12.8. The summed E-state index contributed by atoms with van der Waals surface area (Å²) in [6, 6.07) is 6.32. The van der Waals surface area contributed by atoms with E-state index in [1.807, 2.05) is 0 Å². The van der Waals surface area contributed by atoms with E-state index in [0.717, 1.165) is 18.4 Å². The minimum Gasteiger partial charge on any atom is -0.478 e. The van der Waals surface area contributed by atoms with Crippen LogP contribution in [0.4, 0.5) is 0 Å². The Morgan fingerprint density at radius 1 is 1.17 bits per heavy atom. The van der Waals surface area contributed by atoms with E-state index in [0.29, 0.717) is 19.5 Å². The third kappa shape index (κ3) is 4.95. The molecule has 1 aromatic carbocycles. The van der Waals surface area contributed by atoms with Crippen molar-refractivity contribution in [2.24, 2.45) is 11.7 Å². The number of carboxylic acid groups (broad SMARTS) is 1. The van der Waals surface area contributed by atoms with Gasteiger partial charge in [-0.1, -0.05) is 12.1 Å². The van der Waals surface area contributed by atoms with Crippen LogP contribution in [0.1, 0.15) is 35.2 Å². The van der Waals surface area contributed by atoms with Crippen LogP contribution in [0.5, 0.6) is 0 Å². The van der Waals surface area contributed by atoms with E-state index in [2.05, 4.69) is 0 Å². The van der Waals surface area contributed by atoms with E-state index < -0.39 is 5.97 Å². The van der Waals surface area contributed by atoms with E-state index in [1.165, 1.54) is 18.2 Å². The summed E-state index contributed by atoms with van der Waals surface area (Å²) in [7, 11) is 0. The van der Waals surface area contributed by atoms with Gasteiger partial charge in [0.05, 0.1) is 5.56 Å². The molecule has 2 amide bonds. The third-order valence-electron chi connectivity index (χ3n) is 3.99. The van der Waals surface area contributed by atoms with Crippen LogP contribution in [0.3, 0.4) is 0 Å². The molecule has 1 saturated heterocycles. The normalized spacial score (nSPS) is 15.7. The van der Waals surface area contributed by atoms with Crippen molar-refractivity contribution >= 4 is 23.9 Å². The highest BCUT2D eigenvalue weighted by molar-refractivity contribution is 5.92. The predicted molar refractivity (Wildman–Crippen MR) is 85.6 cm³/mol. The lowest BCUT2D eigenvalue weighted by molar-refractivity contribution is -0.127. The number of hydrogen-bond donors (Lipinski definition) is 2. The molecule has 0 atom stereocenters. The van der Waals surface area contributed by atoms with Crippen LogP contribution in [-0.2, 0) is 9.59 Å². The van der Waals surface area contributed by atoms with Gasteiger partial charge in [0, 0.05) is 25.6 Å². The minimum absolute atomic E-state index is 0.0789. The Morgan fingerprint density at radius 3 is 2.30 bits per heavy atom. The van der Waals surface area contributed by atoms with Crippen LogP contribution >= 0.6 is 0 Å². The number of carbonyl (C=O) groups excluding carboxylic acids is 2. The number of nitrogens with zero attached hydrogens (tertiary/aromatic N) is 1. The number of hydrogen-bond acceptors (Lipinski definition) is 3. The van der Waals surface area contributed by atoms with Gasteiger partial charge in [-0.3, -0.25) is 9.59 Å². The second-order valence-corrected chi connectivity index (χ2v) is 5.70. The van der Waals surface area contributed by atoms with E-state index >= 15 is 0 Å². The summed E-state index contributed by atoms with van der Waals surface area (Å²) in [5, 5.41) is 8.83. The molecule has 0 spiro atoms. The van der Waals surface area contributed by atoms with E-state index in [1.54, 1.807) is 23.1 Å². The second kappa shape index (κ2) is 7.58. The van der Waals surface area contributed by atoms with Crippen LogP contribution in [0.25, 0.3) is 6.08 Å². The average Bonchev–Trinajstić information content (AvgIpc) is 2.53. The average molecular weight is 316 g/mol. The van der Waals surface area contributed by atoms with Crippen molar-refractivity contribution in [2.45, 2.75) is 19.3 Å². The fourth-order valence-corrected chi connectivity index (χ4v) is 2.65. The highest BCUT2D eigenvalue weighted by Crippen LogP contribution is 2.20. The van der Waals surface area contributed by atoms with Gasteiger partial charge >= 0.3 is 5.97 Å². The van der Waals surface area contributed by atoms with Gasteiger partial charge in [0.1, 0.15) is 0 Å².